The van der Waals surface area contributed by atoms with Gasteiger partial charge in [-0.2, -0.15) is 8.78 Å². The molecule has 0 bridgehead atoms. The van der Waals surface area contributed by atoms with Crippen molar-refractivity contribution < 1.29 is 27.8 Å². The number of rotatable bonds is 5. The lowest BCUT2D eigenvalue weighted by atomic mass is 10.1. The van der Waals surface area contributed by atoms with E-state index in [1.54, 1.807) is 12.1 Å². The van der Waals surface area contributed by atoms with Crippen molar-refractivity contribution >= 4 is 29.3 Å². The zero-order chi connectivity index (χ0) is 17.8. The minimum atomic E-state index is -2.69. The van der Waals surface area contributed by atoms with Crippen molar-refractivity contribution in [2.24, 2.45) is 0 Å². The quantitative estimate of drug-likeness (QED) is 0.564. The second-order valence-electron chi connectivity index (χ2n) is 4.97. The maximum absolute atomic E-state index is 12.6. The summed E-state index contributed by atoms with van der Waals surface area (Å²) in [5, 5.41) is 0.370. The van der Waals surface area contributed by atoms with Gasteiger partial charge in [-0.3, -0.25) is 0 Å². The number of pyridine rings is 1. The zero-order valence-corrected chi connectivity index (χ0v) is 14.3. The summed E-state index contributed by atoms with van der Waals surface area (Å²) >= 11 is 6.24. The Balaban J connectivity index is 1.76. The van der Waals surface area contributed by atoms with Gasteiger partial charge >= 0.3 is 5.97 Å². The number of carbonyl (C=O) groups is 1. The fourth-order valence-corrected chi connectivity index (χ4v) is 3.14. The minimum Gasteiger partial charge on any atom is -0.467 e. The summed E-state index contributed by atoms with van der Waals surface area (Å²) in [6, 6.07) is 6.20. The Hall–Kier alpha value is -1.90. The van der Waals surface area contributed by atoms with E-state index in [-0.39, 0.29) is 35.8 Å². The van der Waals surface area contributed by atoms with Crippen LogP contribution in [0.3, 0.4) is 0 Å². The second kappa shape index (κ2) is 7.99. The lowest BCUT2D eigenvalue weighted by Crippen LogP contribution is -2.14. The van der Waals surface area contributed by atoms with E-state index in [1.807, 2.05) is 0 Å². The molecule has 25 heavy (non-hydrogen) atoms. The Bertz CT molecular complexity index is 791. The first-order valence-corrected chi connectivity index (χ1v) is 8.39. The van der Waals surface area contributed by atoms with Gasteiger partial charge in [-0.25, -0.2) is 9.78 Å². The third-order valence-corrected chi connectivity index (χ3v) is 4.25. The van der Waals surface area contributed by atoms with Crippen molar-refractivity contribution in [1.29, 1.82) is 0 Å². The summed E-state index contributed by atoms with van der Waals surface area (Å²) in [6.45, 7) is 0.317. The normalized spacial score (nSPS) is 13.3. The van der Waals surface area contributed by atoms with Crippen LogP contribution in [0.15, 0.2) is 35.5 Å². The molecule has 9 heteroatoms. The number of nitrogens with zero attached hydrogens (tertiary/aromatic N) is 1. The Morgan fingerprint density at radius 1 is 1.44 bits per heavy atom. The molecule has 0 saturated carbocycles. The van der Waals surface area contributed by atoms with Crippen LogP contribution < -0.4 is 4.74 Å². The van der Waals surface area contributed by atoms with Gasteiger partial charge in [0.15, 0.2) is 6.79 Å². The molecule has 1 aromatic heterocycles. The van der Waals surface area contributed by atoms with Crippen LogP contribution in [-0.4, -0.2) is 23.5 Å². The summed E-state index contributed by atoms with van der Waals surface area (Å²) in [5.74, 6) is -2.89. The minimum absolute atomic E-state index is 0.0204. The van der Waals surface area contributed by atoms with E-state index >= 15 is 0 Å². The molecule has 0 fully saturated rings. The topological polar surface area (TPSA) is 57.7 Å². The molecule has 132 valence electrons. The first-order chi connectivity index (χ1) is 12.0. The van der Waals surface area contributed by atoms with Crippen LogP contribution in [-0.2, 0) is 22.7 Å². The molecular weight excluding hydrogens is 376 g/mol. The Kier molecular flexibility index (Phi) is 5.72. The molecule has 5 nitrogen and oxygen atoms in total. The number of esters is 1. The summed E-state index contributed by atoms with van der Waals surface area (Å²) in [5.41, 5.74) is 1.30. The van der Waals surface area contributed by atoms with Crippen LogP contribution in [0.1, 0.15) is 21.5 Å². The molecule has 1 aliphatic heterocycles. The molecule has 2 heterocycles. The zero-order valence-electron chi connectivity index (χ0n) is 12.7. The molecule has 1 aliphatic rings. The summed E-state index contributed by atoms with van der Waals surface area (Å²) < 4.78 is 41.0. The highest BCUT2D eigenvalue weighted by Crippen LogP contribution is 2.32. The number of thioether (sulfide) groups is 1. The Labute approximate surface area is 151 Å². The summed E-state index contributed by atoms with van der Waals surface area (Å²) in [6.07, 6.45) is 1.34. The predicted octanol–water partition coefficient (Wildman–Crippen LogP) is 4.27. The largest absolute Gasteiger partial charge is 0.467 e. The highest BCUT2D eigenvalue weighted by atomic mass is 35.5. The average molecular weight is 388 g/mol. The van der Waals surface area contributed by atoms with E-state index in [1.165, 1.54) is 18.3 Å². The standard InChI is InChI=1S/C16H12ClF2NO4S/c17-11-4-9-6-22-8-24-13(9)10(5-11)7-23-15(21)12-2-1-3-20-14(12)25-16(18)19/h1-5,16H,6-8H2. The number of aromatic nitrogens is 1. The van der Waals surface area contributed by atoms with E-state index in [4.69, 9.17) is 25.8 Å². The van der Waals surface area contributed by atoms with E-state index in [9.17, 15) is 13.6 Å². The number of hydrogen-bond acceptors (Lipinski definition) is 6. The number of hydrogen-bond donors (Lipinski definition) is 0. The maximum atomic E-state index is 12.6. The average Bonchev–Trinajstić information content (AvgIpc) is 2.59. The summed E-state index contributed by atoms with van der Waals surface area (Å²) in [7, 11) is 0. The number of halogens is 3. The SMILES string of the molecule is O=C(OCc1cc(Cl)cc2c1OCOC2)c1cccnc1SC(F)F. The third kappa shape index (κ3) is 4.39. The van der Waals surface area contributed by atoms with Gasteiger partial charge in [0.2, 0.25) is 0 Å². The van der Waals surface area contributed by atoms with Gasteiger partial charge in [0.25, 0.3) is 5.76 Å². The van der Waals surface area contributed by atoms with Gasteiger partial charge < -0.3 is 14.2 Å². The monoisotopic (exact) mass is 387 g/mol. The van der Waals surface area contributed by atoms with Gasteiger partial charge in [-0.1, -0.05) is 11.6 Å². The first kappa shape index (κ1) is 17.9. The van der Waals surface area contributed by atoms with E-state index in [0.717, 1.165) is 5.56 Å². The molecule has 0 atom stereocenters. The Morgan fingerprint density at radius 3 is 3.08 bits per heavy atom. The first-order valence-electron chi connectivity index (χ1n) is 7.13. The van der Waals surface area contributed by atoms with Crippen molar-refractivity contribution in [1.82, 2.24) is 4.98 Å². The van der Waals surface area contributed by atoms with Gasteiger partial charge in [-0.05, 0) is 36.0 Å². The molecular formula is C16H12ClF2NO4S. The van der Waals surface area contributed by atoms with Crippen LogP contribution in [0.4, 0.5) is 8.78 Å². The van der Waals surface area contributed by atoms with Gasteiger partial charge in [0, 0.05) is 22.3 Å². The molecule has 0 radical (unpaired) electrons. The molecule has 0 unspecified atom stereocenters. The van der Waals surface area contributed by atoms with Crippen LogP contribution in [0.25, 0.3) is 0 Å². The number of fused-ring (bicyclic) bond motifs is 1. The number of benzene rings is 1. The molecule has 1 aromatic carbocycles. The van der Waals surface area contributed by atoms with Crippen LogP contribution in [0.5, 0.6) is 5.75 Å². The number of ether oxygens (including phenoxy) is 3. The molecule has 2 aromatic rings. The molecule has 3 rings (SSSR count). The van der Waals surface area contributed by atoms with Gasteiger partial charge in [0.1, 0.15) is 17.4 Å². The van der Waals surface area contributed by atoms with Crippen molar-refractivity contribution in [3.63, 3.8) is 0 Å². The van der Waals surface area contributed by atoms with Crippen LogP contribution in [0.2, 0.25) is 5.02 Å². The van der Waals surface area contributed by atoms with Crippen molar-refractivity contribution in [3.8, 4) is 5.75 Å². The molecule has 0 N–H and O–H groups in total. The third-order valence-electron chi connectivity index (χ3n) is 3.30. The van der Waals surface area contributed by atoms with Crippen molar-refractivity contribution in [2.45, 2.75) is 24.0 Å². The molecule has 0 spiro atoms. The molecule has 0 aliphatic carbocycles. The Morgan fingerprint density at radius 2 is 2.28 bits per heavy atom. The molecule has 0 saturated heterocycles. The highest BCUT2D eigenvalue weighted by molar-refractivity contribution is 7.99. The fraction of sp³-hybridized carbons (Fsp3) is 0.250. The van der Waals surface area contributed by atoms with Crippen molar-refractivity contribution in [2.75, 3.05) is 6.79 Å². The van der Waals surface area contributed by atoms with E-state index in [0.29, 0.717) is 22.9 Å². The fourth-order valence-electron chi connectivity index (χ4n) is 2.31. The van der Waals surface area contributed by atoms with E-state index in [2.05, 4.69) is 4.98 Å². The van der Waals surface area contributed by atoms with Crippen LogP contribution >= 0.6 is 23.4 Å². The van der Waals surface area contributed by atoms with Crippen molar-refractivity contribution in [3.05, 3.63) is 52.2 Å². The highest BCUT2D eigenvalue weighted by Gasteiger charge is 2.20. The number of carbonyl (C=O) groups excluding carboxylic acids is 1. The van der Waals surface area contributed by atoms with E-state index < -0.39 is 11.7 Å². The predicted molar refractivity (Wildman–Crippen MR) is 87.0 cm³/mol. The maximum Gasteiger partial charge on any atom is 0.341 e. The van der Waals surface area contributed by atoms with Crippen LogP contribution in [0, 0.1) is 0 Å². The summed E-state index contributed by atoms with van der Waals surface area (Å²) in [4.78, 5) is 16.1. The van der Waals surface area contributed by atoms with Gasteiger partial charge in [-0.15, -0.1) is 0 Å². The van der Waals surface area contributed by atoms with Gasteiger partial charge in [0.05, 0.1) is 12.2 Å². The lowest BCUT2D eigenvalue weighted by Gasteiger charge is -2.21. The smallest absolute Gasteiger partial charge is 0.341 e. The second-order valence-corrected chi connectivity index (χ2v) is 6.39. The molecule has 0 amide bonds. The lowest BCUT2D eigenvalue weighted by molar-refractivity contribution is -0.0180. The number of alkyl halides is 2.